The van der Waals surface area contributed by atoms with E-state index < -0.39 is 18.0 Å². The molecule has 0 unspecified atom stereocenters. The van der Waals surface area contributed by atoms with Crippen LogP contribution in [-0.2, 0) is 23.8 Å². The van der Waals surface area contributed by atoms with Gasteiger partial charge in [-0.3, -0.25) is 4.79 Å². The second kappa shape index (κ2) is 6.59. The van der Waals surface area contributed by atoms with E-state index in [1.165, 1.54) is 0 Å². The Hall–Kier alpha value is -1.10. The summed E-state index contributed by atoms with van der Waals surface area (Å²) in [4.78, 5) is 23.5. The van der Waals surface area contributed by atoms with E-state index in [-0.39, 0.29) is 18.5 Å². The van der Waals surface area contributed by atoms with Gasteiger partial charge in [0, 0.05) is 0 Å². The SMILES string of the molecule is CCOC(=O)[C@@H]1[C@H](CC)CO[C@H]1C(=O)OCC. The minimum Gasteiger partial charge on any atom is -0.466 e. The van der Waals surface area contributed by atoms with Crippen molar-refractivity contribution in [1.29, 1.82) is 0 Å². The van der Waals surface area contributed by atoms with E-state index in [0.29, 0.717) is 13.2 Å². The zero-order valence-corrected chi connectivity index (χ0v) is 10.6. The molecule has 17 heavy (non-hydrogen) atoms. The van der Waals surface area contributed by atoms with Crippen LogP contribution in [0.4, 0.5) is 0 Å². The van der Waals surface area contributed by atoms with E-state index in [1.54, 1.807) is 13.8 Å². The summed E-state index contributed by atoms with van der Waals surface area (Å²) in [5, 5.41) is 0. The molecule has 0 bridgehead atoms. The van der Waals surface area contributed by atoms with Crippen molar-refractivity contribution in [2.75, 3.05) is 19.8 Å². The number of rotatable bonds is 5. The molecule has 3 atom stereocenters. The van der Waals surface area contributed by atoms with Gasteiger partial charge in [0.2, 0.25) is 0 Å². The normalized spacial score (nSPS) is 27.8. The maximum atomic E-state index is 11.8. The van der Waals surface area contributed by atoms with Crippen LogP contribution in [-0.4, -0.2) is 37.9 Å². The molecule has 1 saturated heterocycles. The van der Waals surface area contributed by atoms with Crippen LogP contribution in [0.15, 0.2) is 0 Å². The van der Waals surface area contributed by atoms with E-state index in [9.17, 15) is 9.59 Å². The predicted molar refractivity (Wildman–Crippen MR) is 60.3 cm³/mol. The maximum absolute atomic E-state index is 11.8. The highest BCUT2D eigenvalue weighted by atomic mass is 16.6. The molecule has 1 heterocycles. The molecule has 0 aromatic carbocycles. The van der Waals surface area contributed by atoms with Crippen molar-refractivity contribution in [3.63, 3.8) is 0 Å². The monoisotopic (exact) mass is 244 g/mol. The van der Waals surface area contributed by atoms with Gasteiger partial charge in [0.05, 0.1) is 25.7 Å². The molecule has 0 N–H and O–H groups in total. The van der Waals surface area contributed by atoms with Gasteiger partial charge in [-0.25, -0.2) is 4.79 Å². The Kier molecular flexibility index (Phi) is 5.41. The number of esters is 2. The first-order valence-corrected chi connectivity index (χ1v) is 6.10. The third-order valence-corrected chi connectivity index (χ3v) is 2.93. The maximum Gasteiger partial charge on any atom is 0.336 e. The second-order valence-electron chi connectivity index (χ2n) is 3.95. The van der Waals surface area contributed by atoms with Crippen LogP contribution >= 0.6 is 0 Å². The van der Waals surface area contributed by atoms with Gasteiger partial charge < -0.3 is 14.2 Å². The van der Waals surface area contributed by atoms with Crippen LogP contribution < -0.4 is 0 Å². The number of carbonyl (C=O) groups is 2. The Balaban J connectivity index is 2.75. The fraction of sp³-hybridized carbons (Fsp3) is 0.833. The van der Waals surface area contributed by atoms with Gasteiger partial charge in [-0.1, -0.05) is 13.3 Å². The van der Waals surface area contributed by atoms with Crippen molar-refractivity contribution in [3.8, 4) is 0 Å². The summed E-state index contributed by atoms with van der Waals surface area (Å²) in [5.74, 6) is -1.33. The first-order valence-electron chi connectivity index (χ1n) is 6.10. The van der Waals surface area contributed by atoms with Gasteiger partial charge in [0.15, 0.2) is 6.10 Å². The minimum absolute atomic E-state index is 0.0310. The number of carbonyl (C=O) groups excluding carboxylic acids is 2. The molecule has 1 aliphatic heterocycles. The predicted octanol–water partition coefficient (Wildman–Crippen LogP) is 1.15. The van der Waals surface area contributed by atoms with Crippen molar-refractivity contribution in [2.24, 2.45) is 11.8 Å². The summed E-state index contributed by atoms with van der Waals surface area (Å²) in [6, 6.07) is 0. The van der Waals surface area contributed by atoms with E-state index in [4.69, 9.17) is 14.2 Å². The zero-order valence-electron chi connectivity index (χ0n) is 10.6. The number of hydrogen-bond acceptors (Lipinski definition) is 5. The summed E-state index contributed by atoms with van der Waals surface area (Å²) >= 11 is 0. The van der Waals surface area contributed by atoms with Gasteiger partial charge in [-0.15, -0.1) is 0 Å². The largest absolute Gasteiger partial charge is 0.466 e. The molecule has 1 aliphatic rings. The Bertz CT molecular complexity index is 276. The molecule has 5 nitrogen and oxygen atoms in total. The fourth-order valence-corrected chi connectivity index (χ4v) is 2.05. The summed E-state index contributed by atoms with van der Waals surface area (Å²) < 4.78 is 15.3. The molecule has 0 radical (unpaired) electrons. The lowest BCUT2D eigenvalue weighted by atomic mass is 9.89. The molecular formula is C12H20O5. The van der Waals surface area contributed by atoms with Crippen LogP contribution in [0.2, 0.25) is 0 Å². The van der Waals surface area contributed by atoms with Crippen molar-refractivity contribution < 1.29 is 23.8 Å². The molecule has 0 aromatic rings. The minimum atomic E-state index is -0.807. The number of ether oxygens (including phenoxy) is 3. The lowest BCUT2D eigenvalue weighted by Crippen LogP contribution is -2.37. The van der Waals surface area contributed by atoms with Crippen molar-refractivity contribution in [2.45, 2.75) is 33.3 Å². The van der Waals surface area contributed by atoms with Gasteiger partial charge in [0.1, 0.15) is 0 Å². The van der Waals surface area contributed by atoms with Gasteiger partial charge >= 0.3 is 11.9 Å². The van der Waals surface area contributed by atoms with Gasteiger partial charge in [0.25, 0.3) is 0 Å². The summed E-state index contributed by atoms with van der Waals surface area (Å²) in [6.45, 7) is 6.43. The molecule has 0 amide bonds. The molecular weight excluding hydrogens is 224 g/mol. The summed E-state index contributed by atoms with van der Waals surface area (Å²) in [5.41, 5.74) is 0. The molecule has 0 saturated carbocycles. The van der Waals surface area contributed by atoms with Crippen molar-refractivity contribution in [1.82, 2.24) is 0 Å². The topological polar surface area (TPSA) is 61.8 Å². The van der Waals surface area contributed by atoms with E-state index in [2.05, 4.69) is 0 Å². The third kappa shape index (κ3) is 3.19. The average Bonchev–Trinajstić information content (AvgIpc) is 2.73. The Morgan fingerprint density at radius 2 is 1.71 bits per heavy atom. The van der Waals surface area contributed by atoms with E-state index in [0.717, 1.165) is 6.42 Å². The van der Waals surface area contributed by atoms with Crippen LogP contribution in [0.25, 0.3) is 0 Å². The number of hydrogen-bond donors (Lipinski definition) is 0. The Labute approximate surface area is 101 Å². The molecule has 0 aliphatic carbocycles. The highest BCUT2D eigenvalue weighted by Crippen LogP contribution is 2.31. The average molecular weight is 244 g/mol. The zero-order chi connectivity index (χ0) is 12.8. The molecule has 0 aromatic heterocycles. The molecule has 5 heteroatoms. The molecule has 0 spiro atoms. The quantitative estimate of drug-likeness (QED) is 0.679. The van der Waals surface area contributed by atoms with Crippen molar-refractivity contribution in [3.05, 3.63) is 0 Å². The summed E-state index contributed by atoms with van der Waals surface area (Å²) in [7, 11) is 0. The first kappa shape index (κ1) is 14.0. The Morgan fingerprint density at radius 1 is 1.12 bits per heavy atom. The van der Waals surface area contributed by atoms with E-state index >= 15 is 0 Å². The third-order valence-electron chi connectivity index (χ3n) is 2.93. The van der Waals surface area contributed by atoms with Crippen LogP contribution in [0, 0.1) is 11.8 Å². The lowest BCUT2D eigenvalue weighted by molar-refractivity contribution is -0.164. The highest BCUT2D eigenvalue weighted by Gasteiger charge is 2.46. The van der Waals surface area contributed by atoms with Crippen LogP contribution in [0.3, 0.4) is 0 Å². The molecule has 1 rings (SSSR count). The lowest BCUT2D eigenvalue weighted by Gasteiger charge is -2.19. The van der Waals surface area contributed by atoms with Crippen LogP contribution in [0.5, 0.6) is 0 Å². The fourth-order valence-electron chi connectivity index (χ4n) is 2.05. The highest BCUT2D eigenvalue weighted by molar-refractivity contribution is 5.84. The Morgan fingerprint density at radius 3 is 2.24 bits per heavy atom. The van der Waals surface area contributed by atoms with Gasteiger partial charge in [-0.05, 0) is 19.8 Å². The molecule has 1 fully saturated rings. The smallest absolute Gasteiger partial charge is 0.336 e. The second-order valence-corrected chi connectivity index (χ2v) is 3.95. The standard InChI is InChI=1S/C12H20O5/c1-4-8-7-17-10(12(14)16-6-3)9(8)11(13)15-5-2/h8-10H,4-7H2,1-3H3/t8-,9-,10-/m1/s1. The van der Waals surface area contributed by atoms with Crippen molar-refractivity contribution >= 4 is 11.9 Å². The van der Waals surface area contributed by atoms with Crippen LogP contribution in [0.1, 0.15) is 27.2 Å². The van der Waals surface area contributed by atoms with Gasteiger partial charge in [-0.2, -0.15) is 0 Å². The van der Waals surface area contributed by atoms with E-state index in [1.807, 2.05) is 6.92 Å². The summed E-state index contributed by atoms with van der Waals surface area (Å²) in [6.07, 6.45) is -0.0294. The first-order chi connectivity index (χ1) is 8.15. The molecule has 98 valence electrons.